The molecule has 0 amide bonds. The second-order valence-electron chi connectivity index (χ2n) is 5.00. The molecule has 0 saturated heterocycles. The number of rotatable bonds is 6. The summed E-state index contributed by atoms with van der Waals surface area (Å²) in [5.74, 6) is 0.575. The summed E-state index contributed by atoms with van der Waals surface area (Å²) in [6.07, 6.45) is 6.16. The maximum absolute atomic E-state index is 6.29. The first kappa shape index (κ1) is 13.8. The third-order valence-electron chi connectivity index (χ3n) is 3.77. The molecule has 0 spiro atoms. The van der Waals surface area contributed by atoms with Crippen LogP contribution in [-0.2, 0) is 6.54 Å². The topological polar surface area (TPSA) is 43.8 Å². The Labute approximate surface area is 115 Å². The third kappa shape index (κ3) is 3.24. The van der Waals surface area contributed by atoms with Crippen molar-refractivity contribution >= 4 is 0 Å². The van der Waals surface area contributed by atoms with Gasteiger partial charge in [-0.1, -0.05) is 44.2 Å². The largest absolute Gasteiger partial charge is 0.332 e. The van der Waals surface area contributed by atoms with Crippen molar-refractivity contribution in [2.24, 2.45) is 5.73 Å². The quantitative estimate of drug-likeness (QED) is 0.861. The van der Waals surface area contributed by atoms with E-state index in [1.54, 1.807) is 0 Å². The van der Waals surface area contributed by atoms with Crippen LogP contribution in [0.5, 0.6) is 0 Å². The van der Waals surface area contributed by atoms with Crippen LogP contribution in [0.4, 0.5) is 0 Å². The van der Waals surface area contributed by atoms with E-state index in [1.165, 1.54) is 11.3 Å². The van der Waals surface area contributed by atoms with Gasteiger partial charge in [-0.05, 0) is 18.4 Å². The molecule has 2 N–H and O–H groups in total. The monoisotopic (exact) mass is 257 g/mol. The molecule has 0 aliphatic carbocycles. The minimum Gasteiger partial charge on any atom is -0.332 e. The lowest BCUT2D eigenvalue weighted by Crippen LogP contribution is -2.19. The molecule has 1 unspecified atom stereocenters. The molecule has 0 fully saturated rings. The molecular weight excluding hydrogens is 234 g/mol. The Kier molecular flexibility index (Phi) is 4.74. The van der Waals surface area contributed by atoms with E-state index in [4.69, 9.17) is 5.73 Å². The predicted molar refractivity (Wildman–Crippen MR) is 78.9 cm³/mol. The van der Waals surface area contributed by atoms with Crippen LogP contribution < -0.4 is 5.73 Å². The van der Waals surface area contributed by atoms with Crippen LogP contribution in [0.2, 0.25) is 0 Å². The smallest absolute Gasteiger partial charge is 0.0948 e. The Morgan fingerprint density at radius 1 is 1.16 bits per heavy atom. The van der Waals surface area contributed by atoms with Gasteiger partial charge in [0.2, 0.25) is 0 Å². The first-order valence-electron chi connectivity index (χ1n) is 7.06. The normalized spacial score (nSPS) is 12.8. The zero-order chi connectivity index (χ0) is 13.7. The summed E-state index contributed by atoms with van der Waals surface area (Å²) in [5.41, 5.74) is 8.76. The Morgan fingerprint density at radius 2 is 1.84 bits per heavy atom. The van der Waals surface area contributed by atoms with Crippen molar-refractivity contribution < 1.29 is 0 Å². The fourth-order valence-corrected chi connectivity index (χ4v) is 2.55. The average molecular weight is 257 g/mol. The van der Waals surface area contributed by atoms with Crippen molar-refractivity contribution in [1.29, 1.82) is 0 Å². The molecule has 0 radical (unpaired) electrons. The highest BCUT2D eigenvalue weighted by molar-refractivity contribution is 5.18. The first-order chi connectivity index (χ1) is 9.26. The molecule has 3 heteroatoms. The SMILES string of the molecule is CCC(CC)c1cncn1CC(N)c1ccccc1. The van der Waals surface area contributed by atoms with E-state index in [-0.39, 0.29) is 6.04 Å². The Morgan fingerprint density at radius 3 is 2.47 bits per heavy atom. The number of nitrogens with two attached hydrogens (primary N) is 1. The molecular formula is C16H23N3. The minimum atomic E-state index is 0.0171. The molecule has 2 rings (SSSR count). The molecule has 19 heavy (non-hydrogen) atoms. The van der Waals surface area contributed by atoms with Crippen LogP contribution in [0.25, 0.3) is 0 Å². The second kappa shape index (κ2) is 6.53. The Hall–Kier alpha value is -1.61. The molecule has 1 aromatic heterocycles. The summed E-state index contributed by atoms with van der Waals surface area (Å²) < 4.78 is 2.20. The maximum atomic E-state index is 6.29. The van der Waals surface area contributed by atoms with Gasteiger partial charge >= 0.3 is 0 Å². The van der Waals surface area contributed by atoms with Gasteiger partial charge in [-0.2, -0.15) is 0 Å². The van der Waals surface area contributed by atoms with E-state index in [0.29, 0.717) is 5.92 Å². The Bertz CT molecular complexity index is 486. The lowest BCUT2D eigenvalue weighted by Gasteiger charge is -2.19. The van der Waals surface area contributed by atoms with Gasteiger partial charge in [0.25, 0.3) is 0 Å². The van der Waals surface area contributed by atoms with Crippen molar-refractivity contribution in [1.82, 2.24) is 9.55 Å². The highest BCUT2D eigenvalue weighted by Crippen LogP contribution is 2.24. The zero-order valence-electron chi connectivity index (χ0n) is 11.8. The van der Waals surface area contributed by atoms with Crippen molar-refractivity contribution in [3.8, 4) is 0 Å². The molecule has 1 atom stereocenters. The minimum absolute atomic E-state index is 0.0171. The maximum Gasteiger partial charge on any atom is 0.0948 e. The van der Waals surface area contributed by atoms with Gasteiger partial charge in [-0.15, -0.1) is 0 Å². The van der Waals surface area contributed by atoms with Crippen LogP contribution in [0, 0.1) is 0 Å². The van der Waals surface area contributed by atoms with E-state index in [2.05, 4.69) is 35.5 Å². The van der Waals surface area contributed by atoms with Gasteiger partial charge in [0.1, 0.15) is 0 Å². The van der Waals surface area contributed by atoms with E-state index < -0.39 is 0 Å². The number of aromatic nitrogens is 2. The number of benzene rings is 1. The summed E-state index contributed by atoms with van der Waals surface area (Å²) in [4.78, 5) is 4.29. The number of imidazole rings is 1. The van der Waals surface area contributed by atoms with Gasteiger partial charge in [-0.25, -0.2) is 4.98 Å². The van der Waals surface area contributed by atoms with Gasteiger partial charge in [0.05, 0.1) is 6.33 Å². The van der Waals surface area contributed by atoms with Gasteiger partial charge in [0.15, 0.2) is 0 Å². The van der Waals surface area contributed by atoms with Gasteiger partial charge < -0.3 is 10.3 Å². The van der Waals surface area contributed by atoms with E-state index in [1.807, 2.05) is 30.7 Å². The fourth-order valence-electron chi connectivity index (χ4n) is 2.55. The zero-order valence-corrected chi connectivity index (χ0v) is 11.8. The molecule has 1 aromatic carbocycles. The molecule has 102 valence electrons. The molecule has 0 aliphatic rings. The van der Waals surface area contributed by atoms with Crippen molar-refractivity contribution in [3.05, 3.63) is 54.1 Å². The summed E-state index contributed by atoms with van der Waals surface area (Å²) in [5, 5.41) is 0. The van der Waals surface area contributed by atoms with Gasteiger partial charge in [0, 0.05) is 30.4 Å². The highest BCUT2D eigenvalue weighted by Gasteiger charge is 2.14. The molecule has 1 heterocycles. The van der Waals surface area contributed by atoms with E-state index in [9.17, 15) is 0 Å². The lowest BCUT2D eigenvalue weighted by molar-refractivity contribution is 0.518. The van der Waals surface area contributed by atoms with Crippen LogP contribution in [0.3, 0.4) is 0 Å². The summed E-state index contributed by atoms with van der Waals surface area (Å²) in [7, 11) is 0. The van der Waals surface area contributed by atoms with E-state index in [0.717, 1.165) is 19.4 Å². The first-order valence-corrected chi connectivity index (χ1v) is 7.06. The van der Waals surface area contributed by atoms with Crippen molar-refractivity contribution in [3.63, 3.8) is 0 Å². The Balaban J connectivity index is 2.14. The van der Waals surface area contributed by atoms with Crippen LogP contribution in [0.15, 0.2) is 42.9 Å². The number of hydrogen-bond acceptors (Lipinski definition) is 2. The lowest BCUT2D eigenvalue weighted by atomic mass is 9.99. The van der Waals surface area contributed by atoms with Crippen molar-refractivity contribution in [2.75, 3.05) is 0 Å². The molecule has 3 nitrogen and oxygen atoms in total. The van der Waals surface area contributed by atoms with E-state index >= 15 is 0 Å². The summed E-state index contributed by atoms with van der Waals surface area (Å²) in [6, 6.07) is 10.3. The third-order valence-corrected chi connectivity index (χ3v) is 3.77. The predicted octanol–water partition coefficient (Wildman–Crippen LogP) is 3.49. The summed E-state index contributed by atoms with van der Waals surface area (Å²) >= 11 is 0. The average Bonchev–Trinajstić information content (AvgIpc) is 2.89. The number of nitrogens with zero attached hydrogens (tertiary/aromatic N) is 2. The molecule has 0 aliphatic heterocycles. The molecule has 0 saturated carbocycles. The summed E-state index contributed by atoms with van der Waals surface area (Å²) in [6.45, 7) is 5.24. The highest BCUT2D eigenvalue weighted by atomic mass is 15.1. The standard InChI is InChI=1S/C16H23N3/c1-3-13(4-2)16-10-18-12-19(16)11-15(17)14-8-6-5-7-9-14/h5-10,12-13,15H,3-4,11,17H2,1-2H3. The van der Waals surface area contributed by atoms with Crippen LogP contribution >= 0.6 is 0 Å². The number of hydrogen-bond donors (Lipinski definition) is 1. The molecule has 2 aromatic rings. The second-order valence-corrected chi connectivity index (χ2v) is 5.00. The molecule has 0 bridgehead atoms. The van der Waals surface area contributed by atoms with Crippen LogP contribution in [0.1, 0.15) is 49.9 Å². The van der Waals surface area contributed by atoms with Crippen LogP contribution in [-0.4, -0.2) is 9.55 Å². The van der Waals surface area contributed by atoms with Gasteiger partial charge in [-0.3, -0.25) is 0 Å². The fraction of sp³-hybridized carbons (Fsp3) is 0.438. The van der Waals surface area contributed by atoms with Crippen molar-refractivity contribution in [2.45, 2.75) is 45.2 Å².